The first-order chi connectivity index (χ1) is 18.3. The zero-order chi connectivity index (χ0) is 27.1. The van der Waals surface area contributed by atoms with Crippen LogP contribution in [0.4, 0.5) is 11.6 Å². The molecule has 2 aliphatic rings. The maximum Gasteiger partial charge on any atom is 0.315 e. The topological polar surface area (TPSA) is 160 Å². The van der Waals surface area contributed by atoms with Crippen molar-refractivity contribution in [2.75, 3.05) is 33.8 Å². The fourth-order valence-corrected chi connectivity index (χ4v) is 5.10. The van der Waals surface area contributed by atoms with E-state index in [1.165, 1.54) is 51.6 Å². The maximum absolute atomic E-state index is 13.7. The number of nitro benzene ring substituents is 1. The van der Waals surface area contributed by atoms with Gasteiger partial charge < -0.3 is 29.4 Å². The predicted molar refractivity (Wildman–Crippen MR) is 133 cm³/mol. The minimum atomic E-state index is -0.815. The van der Waals surface area contributed by atoms with Crippen LogP contribution < -0.4 is 24.3 Å². The fraction of sp³-hybridized carbons (Fsp3) is 0.320. The Bertz CT molecular complexity index is 1460. The van der Waals surface area contributed by atoms with Crippen LogP contribution in [0.1, 0.15) is 35.9 Å². The second-order valence-corrected chi connectivity index (χ2v) is 8.78. The average Bonchev–Trinajstić information content (AvgIpc) is 3.39. The summed E-state index contributed by atoms with van der Waals surface area (Å²) in [6, 6.07) is 5.52. The molecule has 0 fully saturated rings. The van der Waals surface area contributed by atoms with Gasteiger partial charge in [-0.3, -0.25) is 14.9 Å². The maximum atomic E-state index is 13.7. The molecule has 0 saturated carbocycles. The van der Waals surface area contributed by atoms with E-state index in [9.17, 15) is 20.0 Å². The number of nitrogens with zero attached hydrogens (tertiary/aromatic N) is 4. The van der Waals surface area contributed by atoms with Gasteiger partial charge in [0, 0.05) is 23.8 Å². The highest BCUT2D eigenvalue weighted by molar-refractivity contribution is 6.00. The summed E-state index contributed by atoms with van der Waals surface area (Å²) in [6.45, 7) is 0. The minimum Gasteiger partial charge on any atom is -0.500 e. The van der Waals surface area contributed by atoms with Gasteiger partial charge in [-0.25, -0.2) is 4.68 Å². The lowest BCUT2D eigenvalue weighted by atomic mass is 9.77. The second-order valence-electron chi connectivity index (χ2n) is 8.78. The molecule has 0 unspecified atom stereocenters. The number of ketones is 1. The van der Waals surface area contributed by atoms with E-state index in [1.807, 2.05) is 12.1 Å². The van der Waals surface area contributed by atoms with E-state index in [4.69, 9.17) is 18.9 Å². The molecule has 1 aliphatic carbocycles. The number of carbonyl (C=O) groups is 1. The van der Waals surface area contributed by atoms with E-state index < -0.39 is 22.4 Å². The summed E-state index contributed by atoms with van der Waals surface area (Å²) in [7, 11) is 5.87. The first-order valence-electron chi connectivity index (χ1n) is 11.6. The number of Topliss-reactive ketones (excluding diaryl/α,β-unsaturated/α-hetero) is 1. The molecule has 1 aromatic heterocycles. The molecule has 0 amide bonds. The third-order valence-corrected chi connectivity index (χ3v) is 6.83. The number of aromatic hydroxyl groups is 1. The van der Waals surface area contributed by atoms with Gasteiger partial charge in [-0.2, -0.15) is 10.1 Å². The van der Waals surface area contributed by atoms with Crippen molar-refractivity contribution in [3.8, 4) is 28.7 Å². The molecule has 0 spiro atoms. The van der Waals surface area contributed by atoms with E-state index in [1.54, 1.807) is 0 Å². The van der Waals surface area contributed by atoms with Crippen molar-refractivity contribution in [2.45, 2.75) is 24.8 Å². The van der Waals surface area contributed by atoms with Gasteiger partial charge in [0.15, 0.2) is 23.0 Å². The predicted octanol–water partition coefficient (Wildman–Crippen LogP) is 3.34. The third kappa shape index (κ3) is 3.92. The van der Waals surface area contributed by atoms with Crippen LogP contribution in [0.5, 0.6) is 28.7 Å². The van der Waals surface area contributed by atoms with Gasteiger partial charge in [-0.05, 0) is 41.7 Å². The van der Waals surface area contributed by atoms with Crippen molar-refractivity contribution in [3.63, 3.8) is 0 Å². The molecule has 2 atom stereocenters. The number of nitrogens with one attached hydrogen (secondary N) is 1. The van der Waals surface area contributed by atoms with Crippen molar-refractivity contribution < 1.29 is 33.8 Å². The Labute approximate surface area is 216 Å². The number of rotatable bonds is 7. The van der Waals surface area contributed by atoms with Crippen molar-refractivity contribution in [1.82, 2.24) is 14.8 Å². The van der Waals surface area contributed by atoms with E-state index in [2.05, 4.69) is 15.4 Å². The Balaban J connectivity index is 1.62. The molecular weight excluding hydrogens is 498 g/mol. The summed E-state index contributed by atoms with van der Waals surface area (Å²) in [5.74, 6) is 0.711. The monoisotopic (exact) mass is 523 g/mol. The van der Waals surface area contributed by atoms with E-state index >= 15 is 0 Å². The third-order valence-electron chi connectivity index (χ3n) is 6.83. The average molecular weight is 524 g/mol. The number of methoxy groups -OCH3 is 4. The number of hydrogen-bond donors (Lipinski definition) is 2. The molecule has 13 nitrogen and oxygen atoms in total. The van der Waals surface area contributed by atoms with Crippen LogP contribution in [0, 0.1) is 10.1 Å². The van der Waals surface area contributed by atoms with Gasteiger partial charge in [0.2, 0.25) is 17.4 Å². The van der Waals surface area contributed by atoms with Crippen LogP contribution in [0.15, 0.2) is 41.9 Å². The van der Waals surface area contributed by atoms with E-state index in [-0.39, 0.29) is 23.9 Å². The first-order valence-corrected chi connectivity index (χ1v) is 11.6. The second kappa shape index (κ2) is 9.57. The van der Waals surface area contributed by atoms with Crippen molar-refractivity contribution >= 4 is 17.4 Å². The number of nitro groups is 1. The molecule has 2 aromatic carbocycles. The molecule has 1 aliphatic heterocycles. The lowest BCUT2D eigenvalue weighted by molar-refractivity contribution is -0.386. The van der Waals surface area contributed by atoms with Gasteiger partial charge in [0.25, 0.3) is 0 Å². The van der Waals surface area contributed by atoms with Crippen LogP contribution in [-0.2, 0) is 4.79 Å². The molecule has 38 heavy (non-hydrogen) atoms. The molecule has 0 bridgehead atoms. The normalized spacial score (nSPS) is 18.3. The number of aromatic nitrogens is 3. The number of phenolic OH excluding ortho intramolecular Hbond substituents is 1. The molecule has 0 saturated heterocycles. The van der Waals surface area contributed by atoms with Crippen molar-refractivity contribution in [3.05, 3.63) is 63.1 Å². The summed E-state index contributed by atoms with van der Waals surface area (Å²) >= 11 is 0. The molecular formula is C25H25N5O8. The zero-order valence-corrected chi connectivity index (χ0v) is 21.0. The largest absolute Gasteiger partial charge is 0.500 e. The van der Waals surface area contributed by atoms with Crippen molar-refractivity contribution in [1.29, 1.82) is 0 Å². The molecule has 2 N–H and O–H groups in total. The molecule has 198 valence electrons. The first kappa shape index (κ1) is 24.9. The number of allylic oxidation sites excluding steroid dienone is 2. The van der Waals surface area contributed by atoms with Crippen LogP contribution in [0.3, 0.4) is 0 Å². The van der Waals surface area contributed by atoms with Crippen LogP contribution in [0.2, 0.25) is 0 Å². The molecule has 5 rings (SSSR count). The van der Waals surface area contributed by atoms with E-state index in [0.717, 1.165) is 5.56 Å². The number of fused-ring (bicyclic) bond motifs is 1. The number of ether oxygens (including phenoxy) is 4. The number of carbonyl (C=O) groups excluding carboxylic acids is 1. The molecule has 2 heterocycles. The van der Waals surface area contributed by atoms with Crippen LogP contribution in [0.25, 0.3) is 0 Å². The number of anilines is 1. The van der Waals surface area contributed by atoms with Gasteiger partial charge in [0.1, 0.15) is 12.4 Å². The molecule has 0 radical (unpaired) electrons. The Morgan fingerprint density at radius 1 is 1.00 bits per heavy atom. The van der Waals surface area contributed by atoms with Gasteiger partial charge in [-0.1, -0.05) is 0 Å². The Morgan fingerprint density at radius 2 is 1.66 bits per heavy atom. The Kier molecular flexibility index (Phi) is 6.27. The number of benzene rings is 2. The van der Waals surface area contributed by atoms with Gasteiger partial charge in [-0.15, -0.1) is 0 Å². The minimum absolute atomic E-state index is 0.0879. The van der Waals surface area contributed by atoms with E-state index in [0.29, 0.717) is 46.5 Å². The lowest BCUT2D eigenvalue weighted by Gasteiger charge is -2.35. The number of phenols is 1. The lowest BCUT2D eigenvalue weighted by Crippen LogP contribution is -2.33. The molecule has 13 heteroatoms. The van der Waals surface area contributed by atoms with Crippen LogP contribution in [-0.4, -0.2) is 59.0 Å². The summed E-state index contributed by atoms with van der Waals surface area (Å²) in [5.41, 5.74) is 1.67. The summed E-state index contributed by atoms with van der Waals surface area (Å²) in [4.78, 5) is 29.0. The summed E-state index contributed by atoms with van der Waals surface area (Å²) in [5, 5.41) is 29.4. The van der Waals surface area contributed by atoms with Gasteiger partial charge >= 0.3 is 5.69 Å². The highest BCUT2D eigenvalue weighted by Crippen LogP contribution is 2.48. The SMILES string of the molecule is COc1cc([C@@H]2C3=C(C[C@@H](c4cc(OC)c(OC)c(OC)c4)CC3=O)Nc3ncnn32)cc([N+](=O)[O-])c1O. The molecule has 3 aromatic rings. The highest BCUT2D eigenvalue weighted by atomic mass is 16.6. The Morgan fingerprint density at radius 3 is 2.26 bits per heavy atom. The van der Waals surface area contributed by atoms with Gasteiger partial charge in [0.05, 0.1) is 33.4 Å². The highest BCUT2D eigenvalue weighted by Gasteiger charge is 2.40. The zero-order valence-electron chi connectivity index (χ0n) is 21.0. The van der Waals surface area contributed by atoms with Crippen LogP contribution >= 0.6 is 0 Å². The Hall–Kier alpha value is -4.81. The summed E-state index contributed by atoms with van der Waals surface area (Å²) < 4.78 is 23.1. The smallest absolute Gasteiger partial charge is 0.315 e. The standard InChI is InChI=1S/C25H25N5O8/c1-35-18-10-14(6-16(23(18)32)30(33)34)22-21-15(28-25-26-11-27-29(22)25)5-12(7-17(21)31)13-8-19(36-2)24(38-4)20(9-13)37-3/h6,8-12,22,32H,5,7H2,1-4H3,(H,26,27,28)/t12-,22-/m1/s1. The quantitative estimate of drug-likeness (QED) is 0.345. The summed E-state index contributed by atoms with van der Waals surface area (Å²) in [6.07, 6.45) is 1.94. The van der Waals surface area contributed by atoms with Crippen molar-refractivity contribution in [2.24, 2.45) is 0 Å². The fourth-order valence-electron chi connectivity index (χ4n) is 5.10. The number of hydrogen-bond acceptors (Lipinski definition) is 11.